The third-order valence-corrected chi connectivity index (χ3v) is 5.06. The highest BCUT2D eigenvalue weighted by atomic mass is 16.4. The standard InChI is InChI=1S/C20H21N3O2/c1-11-6-12(2)8-13(7-11)15-9-16-18(21-20(24)19(16)22-25)17-10-23(3)5-4-14(15)17/h6-9,25H,4-5,10H2,1-3H3,(H,21,22,24). The second-order valence-electron chi connectivity index (χ2n) is 7.07. The number of hydrogen-bond donors (Lipinski definition) is 2. The minimum Gasteiger partial charge on any atom is -0.410 e. The summed E-state index contributed by atoms with van der Waals surface area (Å²) in [6.45, 7) is 5.94. The minimum absolute atomic E-state index is 0.0941. The zero-order valence-electron chi connectivity index (χ0n) is 14.7. The van der Waals surface area contributed by atoms with Gasteiger partial charge in [-0.05, 0) is 55.6 Å². The molecule has 0 bridgehead atoms. The maximum atomic E-state index is 12.2. The summed E-state index contributed by atoms with van der Waals surface area (Å²) in [6.07, 6.45) is 0.933. The van der Waals surface area contributed by atoms with Gasteiger partial charge in [-0.3, -0.25) is 4.79 Å². The smallest absolute Gasteiger partial charge is 0.278 e. The number of oxime groups is 1. The van der Waals surface area contributed by atoms with Crippen molar-refractivity contribution in [1.29, 1.82) is 0 Å². The molecule has 0 aromatic heterocycles. The van der Waals surface area contributed by atoms with E-state index in [2.05, 4.69) is 54.5 Å². The first kappa shape index (κ1) is 15.8. The Morgan fingerprint density at radius 3 is 2.48 bits per heavy atom. The van der Waals surface area contributed by atoms with Gasteiger partial charge in [0.05, 0.1) is 5.69 Å². The molecule has 0 fully saturated rings. The van der Waals surface area contributed by atoms with Crippen LogP contribution in [0.5, 0.6) is 0 Å². The first-order valence-corrected chi connectivity index (χ1v) is 8.47. The van der Waals surface area contributed by atoms with Gasteiger partial charge in [0.25, 0.3) is 5.91 Å². The zero-order chi connectivity index (χ0) is 17.7. The number of nitrogens with zero attached hydrogens (tertiary/aromatic N) is 2. The molecule has 0 aliphatic carbocycles. The minimum atomic E-state index is -0.342. The Balaban J connectivity index is 2.01. The Kier molecular flexibility index (Phi) is 3.62. The molecule has 5 nitrogen and oxygen atoms in total. The van der Waals surface area contributed by atoms with Crippen molar-refractivity contribution in [2.75, 3.05) is 18.9 Å². The molecule has 2 aliphatic heterocycles. The molecule has 25 heavy (non-hydrogen) atoms. The van der Waals surface area contributed by atoms with E-state index in [1.807, 2.05) is 6.07 Å². The van der Waals surface area contributed by atoms with E-state index >= 15 is 0 Å². The average Bonchev–Trinajstić information content (AvgIpc) is 2.88. The van der Waals surface area contributed by atoms with Gasteiger partial charge in [-0.1, -0.05) is 34.5 Å². The molecule has 0 radical (unpaired) electrons. The fourth-order valence-electron chi connectivity index (χ4n) is 4.00. The molecule has 0 atom stereocenters. The summed E-state index contributed by atoms with van der Waals surface area (Å²) < 4.78 is 0. The number of hydrogen-bond acceptors (Lipinski definition) is 4. The number of nitrogens with one attached hydrogen (secondary N) is 1. The van der Waals surface area contributed by atoms with Gasteiger partial charge in [0.15, 0.2) is 5.71 Å². The summed E-state index contributed by atoms with van der Waals surface area (Å²) >= 11 is 0. The molecule has 5 heteroatoms. The number of likely N-dealkylation sites (N-methyl/N-ethyl adjacent to an activating group) is 1. The Hall–Kier alpha value is -2.66. The molecule has 0 spiro atoms. The summed E-state index contributed by atoms with van der Waals surface area (Å²) in [5.74, 6) is -0.342. The molecule has 4 rings (SSSR count). The van der Waals surface area contributed by atoms with Crippen LogP contribution in [0.15, 0.2) is 29.4 Å². The molecule has 2 aliphatic rings. The van der Waals surface area contributed by atoms with Gasteiger partial charge in [-0.15, -0.1) is 0 Å². The van der Waals surface area contributed by atoms with Crippen LogP contribution in [0, 0.1) is 13.8 Å². The third-order valence-electron chi connectivity index (χ3n) is 5.06. The fraction of sp³-hybridized carbons (Fsp3) is 0.300. The summed E-state index contributed by atoms with van der Waals surface area (Å²) in [4.78, 5) is 14.4. The highest BCUT2D eigenvalue weighted by molar-refractivity contribution is 6.54. The Morgan fingerprint density at radius 2 is 1.80 bits per heavy atom. The lowest BCUT2D eigenvalue weighted by atomic mass is 9.86. The van der Waals surface area contributed by atoms with E-state index < -0.39 is 0 Å². The van der Waals surface area contributed by atoms with E-state index in [0.717, 1.165) is 41.9 Å². The average molecular weight is 335 g/mol. The van der Waals surface area contributed by atoms with Crippen LogP contribution in [-0.2, 0) is 17.8 Å². The summed E-state index contributed by atoms with van der Waals surface area (Å²) in [5, 5.41) is 15.4. The van der Waals surface area contributed by atoms with E-state index in [1.54, 1.807) is 0 Å². The molecule has 0 unspecified atom stereocenters. The molecular formula is C20H21N3O2. The number of benzene rings is 2. The monoisotopic (exact) mass is 335 g/mol. The number of amides is 1. The van der Waals surface area contributed by atoms with Crippen LogP contribution >= 0.6 is 0 Å². The van der Waals surface area contributed by atoms with E-state index in [9.17, 15) is 10.0 Å². The third kappa shape index (κ3) is 2.51. The van der Waals surface area contributed by atoms with E-state index in [0.29, 0.717) is 5.56 Å². The first-order chi connectivity index (χ1) is 12.0. The van der Waals surface area contributed by atoms with Crippen LogP contribution in [0.1, 0.15) is 27.8 Å². The maximum Gasteiger partial charge on any atom is 0.278 e. The summed E-state index contributed by atoms with van der Waals surface area (Å²) in [6, 6.07) is 8.50. The van der Waals surface area contributed by atoms with Crippen LogP contribution in [-0.4, -0.2) is 35.3 Å². The predicted molar refractivity (Wildman–Crippen MR) is 98.3 cm³/mol. The largest absolute Gasteiger partial charge is 0.410 e. The number of carbonyl (C=O) groups is 1. The van der Waals surface area contributed by atoms with Gasteiger partial charge in [0.1, 0.15) is 0 Å². The van der Waals surface area contributed by atoms with Crippen molar-refractivity contribution in [3.8, 4) is 11.1 Å². The Labute approximate surface area is 147 Å². The van der Waals surface area contributed by atoms with Crippen LogP contribution in [0.4, 0.5) is 5.69 Å². The normalized spacial score (nSPS) is 18.2. The van der Waals surface area contributed by atoms with Crippen molar-refractivity contribution < 1.29 is 10.0 Å². The molecule has 0 saturated heterocycles. The zero-order valence-corrected chi connectivity index (χ0v) is 14.7. The molecule has 128 valence electrons. The highest BCUT2D eigenvalue weighted by Gasteiger charge is 2.33. The number of anilines is 1. The second-order valence-corrected chi connectivity index (χ2v) is 7.07. The number of carbonyl (C=O) groups excluding carboxylic acids is 1. The van der Waals surface area contributed by atoms with Crippen LogP contribution in [0.3, 0.4) is 0 Å². The van der Waals surface area contributed by atoms with E-state index in [1.165, 1.54) is 16.7 Å². The van der Waals surface area contributed by atoms with Crippen LogP contribution in [0.2, 0.25) is 0 Å². The van der Waals surface area contributed by atoms with Crippen molar-refractivity contribution >= 4 is 17.3 Å². The van der Waals surface area contributed by atoms with E-state index in [4.69, 9.17) is 0 Å². The van der Waals surface area contributed by atoms with Gasteiger partial charge in [-0.25, -0.2) is 0 Å². The van der Waals surface area contributed by atoms with Crippen molar-refractivity contribution in [2.45, 2.75) is 26.8 Å². The lowest BCUT2D eigenvalue weighted by molar-refractivity contribution is -0.110. The molecule has 2 aromatic rings. The van der Waals surface area contributed by atoms with Gasteiger partial charge >= 0.3 is 0 Å². The van der Waals surface area contributed by atoms with Crippen molar-refractivity contribution in [1.82, 2.24) is 4.90 Å². The summed E-state index contributed by atoms with van der Waals surface area (Å²) in [7, 11) is 2.08. The second kappa shape index (κ2) is 5.70. The maximum absolute atomic E-state index is 12.2. The summed E-state index contributed by atoms with van der Waals surface area (Å²) in [5.41, 5.74) is 8.70. The highest BCUT2D eigenvalue weighted by Crippen LogP contribution is 2.40. The Morgan fingerprint density at radius 1 is 1.08 bits per heavy atom. The molecule has 2 heterocycles. The van der Waals surface area contributed by atoms with Crippen molar-refractivity contribution in [3.05, 3.63) is 52.1 Å². The Bertz CT molecular complexity index is 911. The molecular weight excluding hydrogens is 314 g/mol. The van der Waals surface area contributed by atoms with Gasteiger partial charge in [0.2, 0.25) is 0 Å². The quantitative estimate of drug-likeness (QED) is 0.622. The van der Waals surface area contributed by atoms with Gasteiger partial charge in [0, 0.05) is 18.7 Å². The molecule has 1 amide bonds. The number of fused-ring (bicyclic) bond motifs is 3. The van der Waals surface area contributed by atoms with E-state index in [-0.39, 0.29) is 11.6 Å². The number of rotatable bonds is 1. The molecule has 2 N–H and O–H groups in total. The van der Waals surface area contributed by atoms with Crippen LogP contribution in [0.25, 0.3) is 11.1 Å². The van der Waals surface area contributed by atoms with Crippen LogP contribution < -0.4 is 5.32 Å². The lowest BCUT2D eigenvalue weighted by Crippen LogP contribution is -2.27. The molecule has 2 aromatic carbocycles. The first-order valence-electron chi connectivity index (χ1n) is 8.47. The van der Waals surface area contributed by atoms with Gasteiger partial charge in [-0.2, -0.15) is 0 Å². The van der Waals surface area contributed by atoms with Crippen molar-refractivity contribution in [2.24, 2.45) is 5.16 Å². The van der Waals surface area contributed by atoms with Crippen molar-refractivity contribution in [3.63, 3.8) is 0 Å². The van der Waals surface area contributed by atoms with Gasteiger partial charge < -0.3 is 15.4 Å². The fourth-order valence-corrected chi connectivity index (χ4v) is 4.00. The number of aryl methyl sites for hydroxylation is 2. The lowest BCUT2D eigenvalue weighted by Gasteiger charge is -2.29. The SMILES string of the molecule is Cc1cc(C)cc(-c2cc3c(c4c2CCN(C)C4)NC(=O)/C3=N/O)c1. The molecule has 0 saturated carbocycles. The predicted octanol–water partition coefficient (Wildman–Crippen LogP) is 3.09. The topological polar surface area (TPSA) is 64.9 Å².